The van der Waals surface area contributed by atoms with Gasteiger partial charge in [-0.2, -0.15) is 0 Å². The van der Waals surface area contributed by atoms with Crippen molar-refractivity contribution in [2.24, 2.45) is 0 Å². The Balaban J connectivity index is 1.50. The van der Waals surface area contributed by atoms with Crippen LogP contribution in [0.2, 0.25) is 0 Å². The minimum absolute atomic E-state index is 0.138. The Bertz CT molecular complexity index is 625. The average Bonchev–Trinajstić information content (AvgIpc) is 3.30. The fourth-order valence-corrected chi connectivity index (χ4v) is 3.07. The number of benzene rings is 1. The van der Waals surface area contributed by atoms with Crippen LogP contribution in [0.25, 0.3) is 0 Å². The zero-order valence-corrected chi connectivity index (χ0v) is 13.0. The maximum atomic E-state index is 12.0. The van der Waals surface area contributed by atoms with Gasteiger partial charge >= 0.3 is 6.03 Å². The third kappa shape index (κ3) is 3.84. The summed E-state index contributed by atoms with van der Waals surface area (Å²) in [6, 6.07) is 8.72. The van der Waals surface area contributed by atoms with Crippen LogP contribution in [0, 0.1) is 0 Å². The molecule has 1 aliphatic carbocycles. The van der Waals surface area contributed by atoms with Crippen molar-refractivity contribution in [3.05, 3.63) is 52.0 Å². The number of rotatable bonds is 6. The van der Waals surface area contributed by atoms with Crippen LogP contribution >= 0.6 is 11.3 Å². The number of aromatic nitrogens is 1. The van der Waals surface area contributed by atoms with Crippen molar-refractivity contribution in [3.8, 4) is 0 Å². The maximum absolute atomic E-state index is 12.0. The number of carbonyl (C=O) groups excluding carboxylic acids is 1. The molecule has 2 aromatic rings. The smallest absolute Gasteiger partial charge is 0.315 e. The molecule has 1 aliphatic rings. The van der Waals surface area contributed by atoms with Crippen LogP contribution in [0.4, 0.5) is 4.79 Å². The van der Waals surface area contributed by atoms with E-state index in [1.807, 2.05) is 30.3 Å². The molecule has 1 atom stereocenters. The summed E-state index contributed by atoms with van der Waals surface area (Å²) >= 11 is 1.58. The molecule has 22 heavy (non-hydrogen) atoms. The molecule has 0 saturated heterocycles. The van der Waals surface area contributed by atoms with E-state index in [0.717, 1.165) is 16.3 Å². The lowest BCUT2D eigenvalue weighted by molar-refractivity contribution is 0.216. The van der Waals surface area contributed by atoms with Gasteiger partial charge in [-0.05, 0) is 18.4 Å². The Labute approximate surface area is 133 Å². The summed E-state index contributed by atoms with van der Waals surface area (Å²) in [5.41, 5.74) is 2.03. The van der Waals surface area contributed by atoms with Crippen LogP contribution in [0.15, 0.2) is 35.7 Å². The van der Waals surface area contributed by atoms with Crippen LogP contribution in [0.1, 0.15) is 41.1 Å². The van der Waals surface area contributed by atoms with E-state index in [9.17, 15) is 9.90 Å². The van der Waals surface area contributed by atoms with Gasteiger partial charge in [0.25, 0.3) is 0 Å². The first-order valence-corrected chi connectivity index (χ1v) is 8.28. The molecule has 116 valence electrons. The third-order valence-electron chi connectivity index (χ3n) is 3.66. The number of amides is 2. The monoisotopic (exact) mass is 317 g/mol. The summed E-state index contributed by atoms with van der Waals surface area (Å²) in [5, 5.41) is 18.0. The van der Waals surface area contributed by atoms with Crippen LogP contribution in [0.3, 0.4) is 0 Å². The second-order valence-electron chi connectivity index (χ2n) is 5.41. The summed E-state index contributed by atoms with van der Waals surface area (Å²) in [6.45, 7) is 0.274. The van der Waals surface area contributed by atoms with Gasteiger partial charge in [-0.15, -0.1) is 11.3 Å². The minimum Gasteiger partial charge on any atom is -0.394 e. The fourth-order valence-electron chi connectivity index (χ4n) is 2.26. The van der Waals surface area contributed by atoms with Gasteiger partial charge in [0.15, 0.2) is 0 Å². The largest absolute Gasteiger partial charge is 0.394 e. The van der Waals surface area contributed by atoms with E-state index < -0.39 is 6.04 Å². The highest BCUT2D eigenvalue weighted by Gasteiger charge is 2.26. The summed E-state index contributed by atoms with van der Waals surface area (Å²) < 4.78 is 0. The lowest BCUT2D eigenvalue weighted by atomic mass is 10.1. The number of aliphatic hydroxyl groups excluding tert-OH is 1. The predicted octanol–water partition coefficient (Wildman–Crippen LogP) is 2.55. The number of nitrogens with one attached hydrogen (secondary N) is 2. The Morgan fingerprint density at radius 3 is 2.82 bits per heavy atom. The predicted molar refractivity (Wildman–Crippen MR) is 85.7 cm³/mol. The third-order valence-corrected chi connectivity index (χ3v) is 4.52. The molecule has 0 spiro atoms. The summed E-state index contributed by atoms with van der Waals surface area (Å²) in [4.78, 5) is 16.5. The zero-order valence-electron chi connectivity index (χ0n) is 12.2. The molecular weight excluding hydrogens is 298 g/mol. The van der Waals surface area contributed by atoms with Gasteiger partial charge in [-0.1, -0.05) is 30.3 Å². The number of nitrogens with zero attached hydrogens (tertiary/aromatic N) is 1. The molecule has 5 nitrogen and oxygen atoms in total. The molecule has 1 aromatic carbocycles. The van der Waals surface area contributed by atoms with Crippen LogP contribution in [-0.2, 0) is 6.54 Å². The summed E-state index contributed by atoms with van der Waals surface area (Å²) in [7, 11) is 0. The highest BCUT2D eigenvalue weighted by molar-refractivity contribution is 7.09. The molecule has 1 saturated carbocycles. The lowest BCUT2D eigenvalue weighted by Crippen LogP contribution is -2.38. The first kappa shape index (κ1) is 15.0. The second-order valence-corrected chi connectivity index (χ2v) is 6.36. The van der Waals surface area contributed by atoms with Crippen LogP contribution in [0.5, 0.6) is 0 Å². The zero-order chi connectivity index (χ0) is 15.4. The molecule has 0 aliphatic heterocycles. The van der Waals surface area contributed by atoms with Crippen molar-refractivity contribution in [1.29, 1.82) is 0 Å². The highest BCUT2D eigenvalue weighted by Crippen LogP contribution is 2.40. The number of hydrogen-bond donors (Lipinski definition) is 3. The highest BCUT2D eigenvalue weighted by atomic mass is 32.1. The topological polar surface area (TPSA) is 74.2 Å². The van der Waals surface area contributed by atoms with E-state index in [0.29, 0.717) is 12.5 Å². The average molecular weight is 317 g/mol. The van der Waals surface area contributed by atoms with E-state index in [4.69, 9.17) is 0 Å². The fraction of sp³-hybridized carbons (Fsp3) is 0.375. The van der Waals surface area contributed by atoms with Gasteiger partial charge in [0, 0.05) is 11.3 Å². The molecule has 0 bridgehead atoms. The van der Waals surface area contributed by atoms with E-state index in [-0.39, 0.29) is 12.6 Å². The van der Waals surface area contributed by atoms with E-state index in [1.165, 1.54) is 12.8 Å². The maximum Gasteiger partial charge on any atom is 0.315 e. The standard InChI is InChI=1S/C16H19N3O2S/c20-9-13(11-4-2-1-3-5-11)19-16(21)17-8-15-18-14(10-22-15)12-6-7-12/h1-5,10,12-13,20H,6-9H2,(H2,17,19,21)/t13-/m1/s1. The molecule has 0 unspecified atom stereocenters. The molecule has 1 aromatic heterocycles. The molecule has 2 amide bonds. The van der Waals surface area contributed by atoms with E-state index >= 15 is 0 Å². The molecule has 1 fully saturated rings. The number of hydrogen-bond acceptors (Lipinski definition) is 4. The van der Waals surface area contributed by atoms with Gasteiger partial charge in [0.05, 0.1) is 24.9 Å². The van der Waals surface area contributed by atoms with Crippen LogP contribution in [-0.4, -0.2) is 22.7 Å². The number of urea groups is 1. The first-order chi connectivity index (χ1) is 10.8. The Hall–Kier alpha value is -1.92. The molecular formula is C16H19N3O2S. The van der Waals surface area contributed by atoms with Gasteiger partial charge in [0.2, 0.25) is 0 Å². The number of thiazole rings is 1. The lowest BCUT2D eigenvalue weighted by Gasteiger charge is -2.16. The summed E-state index contributed by atoms with van der Waals surface area (Å²) in [5.74, 6) is 0.635. The first-order valence-electron chi connectivity index (χ1n) is 7.40. The molecule has 3 rings (SSSR count). The van der Waals surface area contributed by atoms with Gasteiger partial charge in [0.1, 0.15) is 5.01 Å². The van der Waals surface area contributed by atoms with Gasteiger partial charge in [-0.25, -0.2) is 9.78 Å². The quantitative estimate of drug-likeness (QED) is 0.766. The Kier molecular flexibility index (Phi) is 4.70. The van der Waals surface area contributed by atoms with Crippen molar-refractivity contribution in [3.63, 3.8) is 0 Å². The molecule has 1 heterocycles. The minimum atomic E-state index is -0.403. The number of carbonyl (C=O) groups is 1. The van der Waals surface area contributed by atoms with Gasteiger partial charge in [-0.3, -0.25) is 0 Å². The van der Waals surface area contributed by atoms with Crippen molar-refractivity contribution in [1.82, 2.24) is 15.6 Å². The Morgan fingerprint density at radius 1 is 1.36 bits per heavy atom. The molecule has 3 N–H and O–H groups in total. The SMILES string of the molecule is O=C(NCc1nc(C2CC2)cs1)N[C@H](CO)c1ccccc1. The normalized spacial score (nSPS) is 15.3. The van der Waals surface area contributed by atoms with E-state index in [1.54, 1.807) is 11.3 Å². The van der Waals surface area contributed by atoms with Crippen molar-refractivity contribution >= 4 is 17.4 Å². The summed E-state index contributed by atoms with van der Waals surface area (Å²) in [6.07, 6.45) is 2.46. The van der Waals surface area contributed by atoms with E-state index in [2.05, 4.69) is 21.0 Å². The molecule has 0 radical (unpaired) electrons. The van der Waals surface area contributed by atoms with Crippen molar-refractivity contribution in [2.45, 2.75) is 31.3 Å². The van der Waals surface area contributed by atoms with Crippen molar-refractivity contribution in [2.75, 3.05) is 6.61 Å². The van der Waals surface area contributed by atoms with Crippen LogP contribution < -0.4 is 10.6 Å². The van der Waals surface area contributed by atoms with Crippen molar-refractivity contribution < 1.29 is 9.90 Å². The number of aliphatic hydroxyl groups is 1. The van der Waals surface area contributed by atoms with Gasteiger partial charge < -0.3 is 15.7 Å². The molecule has 6 heteroatoms. The second kappa shape index (κ2) is 6.89. The Morgan fingerprint density at radius 2 is 2.14 bits per heavy atom.